The summed E-state index contributed by atoms with van der Waals surface area (Å²) in [5.41, 5.74) is 1.83. The lowest BCUT2D eigenvalue weighted by molar-refractivity contribution is 0.400. The van der Waals surface area contributed by atoms with Crippen LogP contribution in [0.15, 0.2) is 28.1 Å². The molecule has 3 rings (SSSR count). The van der Waals surface area contributed by atoms with E-state index in [0.717, 1.165) is 41.4 Å². The molecule has 0 bridgehead atoms. The van der Waals surface area contributed by atoms with E-state index in [-0.39, 0.29) is 0 Å². The molecule has 2 aliphatic rings. The summed E-state index contributed by atoms with van der Waals surface area (Å²) in [5.74, 6) is 3.46. The molecule has 138 valence electrons. The smallest absolute Gasteiger partial charge is 0.191 e. The molecule has 1 aromatic rings. The van der Waals surface area contributed by atoms with Gasteiger partial charge in [0.2, 0.25) is 0 Å². The molecule has 2 N–H and O–H groups in total. The summed E-state index contributed by atoms with van der Waals surface area (Å²) in [6, 6.07) is 5.48. The molecule has 0 amide bonds. The Bertz CT molecular complexity index is 738. The van der Waals surface area contributed by atoms with Gasteiger partial charge in [-0.05, 0) is 67.6 Å². The Balaban J connectivity index is 1.53. The molecule has 0 radical (unpaired) electrons. The van der Waals surface area contributed by atoms with Crippen LogP contribution >= 0.6 is 0 Å². The average molecular weight is 364 g/mol. The van der Waals surface area contributed by atoms with E-state index in [1.54, 1.807) is 13.1 Å². The van der Waals surface area contributed by atoms with E-state index in [4.69, 9.17) is 0 Å². The molecule has 0 saturated heterocycles. The van der Waals surface area contributed by atoms with Crippen LogP contribution in [0, 0.1) is 24.7 Å². The Hall–Kier alpha value is -1.56. The second kappa shape index (κ2) is 7.36. The van der Waals surface area contributed by atoms with Crippen LogP contribution in [0.1, 0.15) is 36.8 Å². The number of rotatable bonds is 7. The van der Waals surface area contributed by atoms with Gasteiger partial charge in [0, 0.05) is 26.4 Å². The predicted octanol–water partition coefficient (Wildman–Crippen LogP) is 2.50. The Morgan fingerprint density at radius 3 is 2.32 bits per heavy atom. The van der Waals surface area contributed by atoms with Crippen molar-refractivity contribution in [1.82, 2.24) is 10.6 Å². The Morgan fingerprint density at radius 2 is 1.84 bits per heavy atom. The number of hydrogen-bond donors (Lipinski definition) is 2. The zero-order valence-corrected chi connectivity index (χ0v) is 16.2. The van der Waals surface area contributed by atoms with Crippen molar-refractivity contribution < 1.29 is 8.42 Å². The quantitative estimate of drug-likeness (QED) is 0.577. The predicted molar refractivity (Wildman–Crippen MR) is 101 cm³/mol. The van der Waals surface area contributed by atoms with E-state index in [1.165, 1.54) is 31.9 Å². The normalized spacial score (nSPS) is 18.5. The number of nitrogens with one attached hydrogen (secondary N) is 2. The first-order valence-corrected chi connectivity index (χ1v) is 11.0. The van der Waals surface area contributed by atoms with Crippen LogP contribution in [0.25, 0.3) is 0 Å². The Morgan fingerprint density at radius 1 is 1.20 bits per heavy atom. The van der Waals surface area contributed by atoms with Crippen molar-refractivity contribution >= 4 is 15.8 Å². The number of nitrogens with zero attached hydrogens (tertiary/aromatic N) is 1. The monoisotopic (exact) mass is 363 g/mol. The van der Waals surface area contributed by atoms with Gasteiger partial charge in [-0.15, -0.1) is 0 Å². The van der Waals surface area contributed by atoms with Crippen molar-refractivity contribution in [2.75, 3.05) is 19.8 Å². The third-order valence-electron chi connectivity index (χ3n) is 5.28. The van der Waals surface area contributed by atoms with Gasteiger partial charge >= 0.3 is 0 Å². The summed E-state index contributed by atoms with van der Waals surface area (Å²) >= 11 is 0. The maximum absolute atomic E-state index is 11.7. The summed E-state index contributed by atoms with van der Waals surface area (Å²) in [4.78, 5) is 4.71. The Kier molecular flexibility index (Phi) is 5.37. The third-order valence-corrected chi connectivity index (χ3v) is 6.54. The van der Waals surface area contributed by atoms with Crippen LogP contribution in [0.5, 0.6) is 0 Å². The molecule has 0 spiro atoms. The van der Waals surface area contributed by atoms with E-state index < -0.39 is 9.84 Å². The lowest BCUT2D eigenvalue weighted by atomic mass is 9.98. The van der Waals surface area contributed by atoms with Gasteiger partial charge in [-0.25, -0.2) is 8.42 Å². The fourth-order valence-corrected chi connectivity index (χ4v) is 4.58. The van der Waals surface area contributed by atoms with Gasteiger partial charge in [0.05, 0.1) is 4.90 Å². The van der Waals surface area contributed by atoms with Crippen LogP contribution in [-0.4, -0.2) is 34.2 Å². The molecule has 2 fully saturated rings. The molecule has 6 heteroatoms. The second-order valence-electron chi connectivity index (χ2n) is 7.52. The van der Waals surface area contributed by atoms with Crippen molar-refractivity contribution in [2.24, 2.45) is 22.7 Å². The highest BCUT2D eigenvalue weighted by Gasteiger charge is 2.41. The first-order chi connectivity index (χ1) is 11.9. The van der Waals surface area contributed by atoms with Gasteiger partial charge in [0.15, 0.2) is 15.8 Å². The van der Waals surface area contributed by atoms with E-state index in [0.29, 0.717) is 11.4 Å². The largest absolute Gasteiger partial charge is 0.356 e. The highest BCUT2D eigenvalue weighted by atomic mass is 32.2. The molecule has 0 atom stereocenters. The van der Waals surface area contributed by atoms with Crippen LogP contribution in [0.2, 0.25) is 0 Å². The zero-order valence-electron chi connectivity index (χ0n) is 15.4. The summed E-state index contributed by atoms with van der Waals surface area (Å²) in [6.45, 7) is 3.46. The second-order valence-corrected chi connectivity index (χ2v) is 9.50. The molecule has 0 unspecified atom stereocenters. The topological polar surface area (TPSA) is 70.6 Å². The van der Waals surface area contributed by atoms with Gasteiger partial charge in [-0.3, -0.25) is 4.99 Å². The zero-order chi connectivity index (χ0) is 18.0. The molecule has 1 aromatic carbocycles. The molecule has 5 nitrogen and oxygen atoms in total. The number of sulfone groups is 1. The number of aryl methyl sites for hydroxylation is 1. The van der Waals surface area contributed by atoms with Crippen molar-refractivity contribution in [3.8, 4) is 0 Å². The van der Waals surface area contributed by atoms with Gasteiger partial charge < -0.3 is 10.6 Å². The molecule has 0 heterocycles. The fraction of sp³-hybridized carbons (Fsp3) is 0.632. The molecule has 25 heavy (non-hydrogen) atoms. The molecule has 0 aromatic heterocycles. The molecular formula is C19H29N3O2S. The van der Waals surface area contributed by atoms with Crippen LogP contribution in [-0.2, 0) is 16.4 Å². The summed E-state index contributed by atoms with van der Waals surface area (Å²) in [6.07, 6.45) is 6.80. The van der Waals surface area contributed by atoms with Crippen LogP contribution in [0.4, 0.5) is 0 Å². The third kappa shape index (κ3) is 4.97. The number of benzene rings is 1. The highest BCUT2D eigenvalue weighted by molar-refractivity contribution is 7.90. The minimum absolute atomic E-state index is 0.399. The van der Waals surface area contributed by atoms with Crippen molar-refractivity contribution in [3.63, 3.8) is 0 Å². The molecule has 2 aliphatic carbocycles. The van der Waals surface area contributed by atoms with E-state index in [1.807, 2.05) is 19.1 Å². The lowest BCUT2D eigenvalue weighted by Gasteiger charge is -2.19. The number of guanidine groups is 1. The minimum Gasteiger partial charge on any atom is -0.356 e. The average Bonchev–Trinajstić information content (AvgIpc) is 3.43. The van der Waals surface area contributed by atoms with Gasteiger partial charge in [-0.2, -0.15) is 0 Å². The molecule has 2 saturated carbocycles. The van der Waals surface area contributed by atoms with Crippen molar-refractivity contribution in [3.05, 3.63) is 29.3 Å². The summed E-state index contributed by atoms with van der Waals surface area (Å²) < 4.78 is 23.4. The first-order valence-electron chi connectivity index (χ1n) is 9.12. The van der Waals surface area contributed by atoms with E-state index >= 15 is 0 Å². The van der Waals surface area contributed by atoms with E-state index in [2.05, 4.69) is 15.6 Å². The minimum atomic E-state index is -3.17. The first kappa shape index (κ1) is 18.2. The number of aliphatic imine (C=N–C) groups is 1. The van der Waals surface area contributed by atoms with Crippen LogP contribution < -0.4 is 10.6 Å². The maximum Gasteiger partial charge on any atom is 0.191 e. The highest BCUT2D eigenvalue weighted by Crippen LogP contribution is 2.48. The summed E-state index contributed by atoms with van der Waals surface area (Å²) in [5, 5.41) is 6.81. The van der Waals surface area contributed by atoms with Crippen LogP contribution in [0.3, 0.4) is 0 Å². The summed E-state index contributed by atoms with van der Waals surface area (Å²) in [7, 11) is -1.38. The molecule has 0 aliphatic heterocycles. The molecular weight excluding hydrogens is 334 g/mol. The lowest BCUT2D eigenvalue weighted by Crippen LogP contribution is -2.40. The fourth-order valence-electron chi connectivity index (χ4n) is 3.63. The van der Waals surface area contributed by atoms with Crippen molar-refractivity contribution in [1.29, 1.82) is 0 Å². The van der Waals surface area contributed by atoms with E-state index in [9.17, 15) is 8.42 Å². The van der Waals surface area contributed by atoms with Gasteiger partial charge in [0.1, 0.15) is 0 Å². The van der Waals surface area contributed by atoms with Gasteiger partial charge in [0.25, 0.3) is 0 Å². The maximum atomic E-state index is 11.7. The SMILES string of the molecule is CN=C(NCc1ccc(S(C)(=O)=O)c(C)c1)NCC(C1CC1)C1CC1. The standard InChI is InChI=1S/C19H29N3O2S/c1-13-10-14(4-9-18(13)25(3,23)24)11-21-19(20-2)22-12-17(15-5-6-15)16-7-8-16/h4,9-10,15-17H,5-8,11-12H2,1-3H3,(H2,20,21,22). The van der Waals surface area contributed by atoms with Crippen molar-refractivity contribution in [2.45, 2.75) is 44.0 Å². The number of hydrogen-bond acceptors (Lipinski definition) is 3. The van der Waals surface area contributed by atoms with Gasteiger partial charge in [-0.1, -0.05) is 12.1 Å². The Labute approximate surface area is 151 Å².